The lowest BCUT2D eigenvalue weighted by atomic mass is 10.2. The summed E-state index contributed by atoms with van der Waals surface area (Å²) in [4.78, 5) is 66.2. The van der Waals surface area contributed by atoms with Gasteiger partial charge in [0.2, 0.25) is 0 Å². The molecule has 0 atom stereocenters. The Morgan fingerprint density at radius 3 is 1.36 bits per heavy atom. The van der Waals surface area contributed by atoms with Crippen LogP contribution in [0.25, 0.3) is 22.6 Å². The lowest BCUT2D eigenvalue weighted by Crippen LogP contribution is -2.21. The van der Waals surface area contributed by atoms with Gasteiger partial charge in [0.15, 0.2) is 34.0 Å². The second-order valence-electron chi connectivity index (χ2n) is 8.01. The molecule has 0 spiro atoms. The Morgan fingerprint density at radius 1 is 0.750 bits per heavy atom. The van der Waals surface area contributed by atoms with Crippen molar-refractivity contribution in [3.8, 4) is 0 Å². The summed E-state index contributed by atoms with van der Waals surface area (Å²) < 4.78 is 3.07. The van der Waals surface area contributed by atoms with Crippen LogP contribution in [0, 0.1) is 0 Å². The molecule has 192 valence electrons. The van der Waals surface area contributed by atoms with Crippen LogP contribution >= 0.6 is 0 Å². The first-order valence-corrected chi connectivity index (χ1v) is 11.6. The molecule has 0 amide bonds. The van der Waals surface area contributed by atoms with Crippen LogP contribution in [0.1, 0.15) is 86.4 Å². The molecule has 0 aliphatic rings. The van der Waals surface area contributed by atoms with Gasteiger partial charge >= 0.3 is 23.3 Å². The Balaban J connectivity index is 0.000000201. The van der Waals surface area contributed by atoms with Crippen molar-refractivity contribution >= 4 is 34.5 Å². The molecule has 0 bridgehead atoms. The zero-order valence-electron chi connectivity index (χ0n) is 20.3. The topological polar surface area (TPSA) is 202 Å². The third-order valence-corrected chi connectivity index (χ3v) is 5.90. The molecule has 4 aromatic heterocycles. The van der Waals surface area contributed by atoms with Gasteiger partial charge in [-0.1, -0.05) is 27.7 Å². The van der Waals surface area contributed by atoms with Gasteiger partial charge < -0.3 is 10.2 Å². The van der Waals surface area contributed by atoms with Gasteiger partial charge in [0.1, 0.15) is 0 Å². The number of imidazole rings is 2. The average Bonchev–Trinajstić information content (AvgIpc) is 3.36. The maximum absolute atomic E-state index is 11.9. The molecule has 0 unspecified atom stereocenters. The fourth-order valence-electron chi connectivity index (χ4n) is 3.99. The smallest absolute Gasteiger partial charge is 0.356 e. The molecule has 36 heavy (non-hydrogen) atoms. The number of carboxylic acids is 2. The first-order chi connectivity index (χ1) is 17.2. The highest BCUT2D eigenvalue weighted by atomic mass is 16.4. The Kier molecular flexibility index (Phi) is 7.96. The SMILES string of the molecule is CCC(CC)n1c(=O)[nH]c2nc(C(=O)O)cnc21.CCC(CC)n1c(=O)[nH]c2nc(C(=O)O)cnc21. The lowest BCUT2D eigenvalue weighted by molar-refractivity contribution is 0.0679. The van der Waals surface area contributed by atoms with E-state index in [1.165, 1.54) is 9.13 Å². The van der Waals surface area contributed by atoms with Gasteiger partial charge in [-0.15, -0.1) is 0 Å². The summed E-state index contributed by atoms with van der Waals surface area (Å²) in [6.07, 6.45) is 5.52. The number of aromatic carboxylic acids is 2. The third kappa shape index (κ3) is 5.01. The molecule has 0 fully saturated rings. The zero-order valence-corrected chi connectivity index (χ0v) is 20.3. The van der Waals surface area contributed by atoms with Crippen LogP contribution in [0.3, 0.4) is 0 Å². The molecule has 0 saturated carbocycles. The normalized spacial score (nSPS) is 11.3. The van der Waals surface area contributed by atoms with Crippen molar-refractivity contribution in [2.45, 2.75) is 65.5 Å². The van der Waals surface area contributed by atoms with Gasteiger partial charge in [-0.05, 0) is 25.7 Å². The molecule has 4 aromatic rings. The van der Waals surface area contributed by atoms with E-state index in [0.717, 1.165) is 38.1 Å². The summed E-state index contributed by atoms with van der Waals surface area (Å²) in [6, 6.07) is 0.0763. The molecule has 4 N–H and O–H groups in total. The van der Waals surface area contributed by atoms with E-state index < -0.39 is 11.9 Å². The van der Waals surface area contributed by atoms with Gasteiger partial charge in [-0.25, -0.2) is 39.1 Å². The summed E-state index contributed by atoms with van der Waals surface area (Å²) >= 11 is 0. The third-order valence-electron chi connectivity index (χ3n) is 5.90. The second-order valence-corrected chi connectivity index (χ2v) is 8.01. The lowest BCUT2D eigenvalue weighted by Gasteiger charge is -2.13. The van der Waals surface area contributed by atoms with Crippen LogP contribution in [-0.2, 0) is 0 Å². The number of nitrogens with zero attached hydrogens (tertiary/aromatic N) is 6. The Bertz CT molecular complexity index is 1390. The highest BCUT2D eigenvalue weighted by Crippen LogP contribution is 2.18. The first kappa shape index (κ1) is 26.2. The number of carboxylic acid groups (broad SMARTS) is 2. The Hall–Kier alpha value is -4.36. The fraction of sp³-hybridized carbons (Fsp3) is 0.455. The molecule has 0 aliphatic heterocycles. The minimum atomic E-state index is -1.17. The largest absolute Gasteiger partial charge is 0.476 e. The van der Waals surface area contributed by atoms with Crippen molar-refractivity contribution in [3.63, 3.8) is 0 Å². The van der Waals surface area contributed by atoms with Crippen LogP contribution in [0.15, 0.2) is 22.0 Å². The van der Waals surface area contributed by atoms with Crippen LogP contribution in [0.5, 0.6) is 0 Å². The van der Waals surface area contributed by atoms with E-state index in [4.69, 9.17) is 10.2 Å². The number of H-pyrrole nitrogens is 2. The number of hydrogen-bond donors (Lipinski definition) is 4. The number of nitrogens with one attached hydrogen (secondary N) is 2. The van der Waals surface area contributed by atoms with Crippen LogP contribution in [0.2, 0.25) is 0 Å². The van der Waals surface area contributed by atoms with Crippen molar-refractivity contribution < 1.29 is 19.8 Å². The van der Waals surface area contributed by atoms with Gasteiger partial charge in [0, 0.05) is 12.1 Å². The van der Waals surface area contributed by atoms with E-state index in [2.05, 4.69) is 29.9 Å². The predicted molar refractivity (Wildman–Crippen MR) is 129 cm³/mol. The molecule has 0 aromatic carbocycles. The van der Waals surface area contributed by atoms with Crippen molar-refractivity contribution in [1.29, 1.82) is 0 Å². The van der Waals surface area contributed by atoms with E-state index >= 15 is 0 Å². The number of aromatic amines is 2. The number of carbonyl (C=O) groups is 2. The summed E-state index contributed by atoms with van der Waals surface area (Å²) in [6.45, 7) is 7.94. The summed E-state index contributed by atoms with van der Waals surface area (Å²) in [5.74, 6) is -2.33. The highest BCUT2D eigenvalue weighted by molar-refractivity contribution is 5.87. The molecule has 4 heterocycles. The van der Waals surface area contributed by atoms with Gasteiger partial charge in [-0.2, -0.15) is 0 Å². The standard InChI is InChI=1S/2C11H14N4O3/c2*1-3-6(4-2)15-9-8(14-11(15)18)13-7(5-12-9)10(16)17/h2*5-6H,3-4H2,1-2H3,(H,16,17)(H,13,14,18). The Morgan fingerprint density at radius 2 is 1.08 bits per heavy atom. The van der Waals surface area contributed by atoms with Gasteiger partial charge in [0.05, 0.1) is 12.4 Å². The molecule has 0 aliphatic carbocycles. The van der Waals surface area contributed by atoms with E-state index in [0.29, 0.717) is 11.3 Å². The summed E-state index contributed by atoms with van der Waals surface area (Å²) in [5.41, 5.74) is 0.263. The van der Waals surface area contributed by atoms with E-state index in [1.54, 1.807) is 0 Å². The number of aromatic nitrogens is 8. The van der Waals surface area contributed by atoms with Crippen molar-refractivity contribution in [2.75, 3.05) is 0 Å². The molecule has 0 saturated heterocycles. The van der Waals surface area contributed by atoms with Gasteiger partial charge in [0.25, 0.3) is 0 Å². The molecule has 14 heteroatoms. The van der Waals surface area contributed by atoms with E-state index in [9.17, 15) is 19.2 Å². The molecule has 14 nitrogen and oxygen atoms in total. The average molecular weight is 501 g/mol. The van der Waals surface area contributed by atoms with Crippen molar-refractivity contribution in [2.24, 2.45) is 0 Å². The van der Waals surface area contributed by atoms with Crippen LogP contribution < -0.4 is 11.4 Å². The first-order valence-electron chi connectivity index (χ1n) is 11.6. The summed E-state index contributed by atoms with van der Waals surface area (Å²) in [7, 11) is 0. The quantitative estimate of drug-likeness (QED) is 0.278. The van der Waals surface area contributed by atoms with Crippen molar-refractivity contribution in [1.82, 2.24) is 39.0 Å². The zero-order chi connectivity index (χ0) is 26.6. The minimum Gasteiger partial charge on any atom is -0.476 e. The number of rotatable bonds is 8. The van der Waals surface area contributed by atoms with Gasteiger partial charge in [-0.3, -0.25) is 19.1 Å². The fourth-order valence-corrected chi connectivity index (χ4v) is 3.99. The molecular weight excluding hydrogens is 472 g/mol. The second kappa shape index (κ2) is 10.9. The maximum atomic E-state index is 11.9. The number of fused-ring (bicyclic) bond motifs is 2. The van der Waals surface area contributed by atoms with E-state index in [1.807, 2.05) is 27.7 Å². The molecular formula is C22H28N8O6. The minimum absolute atomic E-state index is 0.0382. The van der Waals surface area contributed by atoms with E-state index in [-0.39, 0.29) is 46.1 Å². The van der Waals surface area contributed by atoms with Crippen molar-refractivity contribution in [3.05, 3.63) is 44.8 Å². The molecule has 0 radical (unpaired) electrons. The predicted octanol–water partition coefficient (Wildman–Crippen LogP) is 2.36. The monoisotopic (exact) mass is 500 g/mol. The number of hydrogen-bond acceptors (Lipinski definition) is 8. The van der Waals surface area contributed by atoms with Crippen LogP contribution in [-0.4, -0.2) is 61.2 Å². The summed E-state index contributed by atoms with van der Waals surface area (Å²) in [5, 5.41) is 17.6. The highest BCUT2D eigenvalue weighted by Gasteiger charge is 2.19. The Labute approximate surface area is 204 Å². The maximum Gasteiger partial charge on any atom is 0.356 e. The van der Waals surface area contributed by atoms with Crippen LogP contribution in [0.4, 0.5) is 0 Å². The molecule has 4 rings (SSSR count).